The highest BCUT2D eigenvalue weighted by Crippen LogP contribution is 2.39. The van der Waals surface area contributed by atoms with Crippen molar-refractivity contribution < 1.29 is 9.18 Å². The number of ketones is 1. The molecule has 2 unspecified atom stereocenters. The van der Waals surface area contributed by atoms with Gasteiger partial charge in [-0.3, -0.25) is 14.4 Å². The highest BCUT2D eigenvalue weighted by molar-refractivity contribution is 7.81. The molecule has 0 spiro atoms. The van der Waals surface area contributed by atoms with Crippen molar-refractivity contribution in [1.29, 1.82) is 0 Å². The standard InChI is InChI=1S/C21H24FN3OS/c1-24-16(8-10-23-24)12-15-13-25(11-9-19(15)27)20(21(26)14-6-7-14)17-4-2-3-5-18(17)22/h2-5,8,10,12,14,19-20,27H,6-7,9,11,13H2,1H3. The number of carbonyl (C=O) groups excluding carboxylic acids is 1. The molecule has 142 valence electrons. The van der Waals surface area contributed by atoms with Gasteiger partial charge in [-0.15, -0.1) is 0 Å². The summed E-state index contributed by atoms with van der Waals surface area (Å²) in [5, 5.41) is 4.34. The number of hydrogen-bond donors (Lipinski definition) is 1. The van der Waals surface area contributed by atoms with Crippen LogP contribution in [0.2, 0.25) is 0 Å². The first kappa shape index (κ1) is 18.4. The van der Waals surface area contributed by atoms with Crippen LogP contribution in [0.25, 0.3) is 6.08 Å². The summed E-state index contributed by atoms with van der Waals surface area (Å²) in [6.07, 6.45) is 6.53. The summed E-state index contributed by atoms with van der Waals surface area (Å²) in [4.78, 5) is 15.2. The average Bonchev–Trinajstić information content (AvgIpc) is 3.43. The van der Waals surface area contributed by atoms with E-state index in [9.17, 15) is 9.18 Å². The summed E-state index contributed by atoms with van der Waals surface area (Å²) in [6.45, 7) is 1.34. The third-order valence-corrected chi connectivity index (χ3v) is 6.10. The van der Waals surface area contributed by atoms with E-state index in [1.165, 1.54) is 6.07 Å². The van der Waals surface area contributed by atoms with Gasteiger partial charge in [0, 0.05) is 43.1 Å². The molecule has 6 heteroatoms. The molecule has 2 aliphatic rings. The van der Waals surface area contributed by atoms with Crippen LogP contribution in [0.15, 0.2) is 42.1 Å². The lowest BCUT2D eigenvalue weighted by Gasteiger charge is -2.37. The molecule has 27 heavy (non-hydrogen) atoms. The Bertz CT molecular complexity index is 874. The smallest absolute Gasteiger partial charge is 0.157 e. The van der Waals surface area contributed by atoms with Crippen LogP contribution in [0.5, 0.6) is 0 Å². The Morgan fingerprint density at radius 3 is 2.74 bits per heavy atom. The van der Waals surface area contributed by atoms with Crippen LogP contribution in [0.1, 0.15) is 36.6 Å². The Labute approximate surface area is 164 Å². The zero-order valence-corrected chi connectivity index (χ0v) is 16.3. The van der Waals surface area contributed by atoms with Gasteiger partial charge in [-0.25, -0.2) is 4.39 Å². The molecular formula is C21H24FN3OS. The van der Waals surface area contributed by atoms with Crippen LogP contribution in [0, 0.1) is 11.7 Å². The normalized spacial score (nSPS) is 23.5. The third kappa shape index (κ3) is 3.87. The maximum atomic E-state index is 14.6. The number of nitrogens with zero attached hydrogens (tertiary/aromatic N) is 3. The van der Waals surface area contributed by atoms with Gasteiger partial charge in [0.25, 0.3) is 0 Å². The lowest BCUT2D eigenvalue weighted by atomic mass is 9.93. The fourth-order valence-electron chi connectivity index (χ4n) is 3.79. The minimum Gasteiger partial charge on any atom is -0.297 e. The van der Waals surface area contributed by atoms with Crippen LogP contribution in [-0.2, 0) is 11.8 Å². The predicted octanol–water partition coefficient (Wildman–Crippen LogP) is 3.67. The number of thiol groups is 1. The quantitative estimate of drug-likeness (QED) is 0.798. The molecule has 4 nitrogen and oxygen atoms in total. The molecule has 1 saturated carbocycles. The molecule has 0 radical (unpaired) electrons. The third-order valence-electron chi connectivity index (χ3n) is 5.51. The number of aryl methyl sites for hydroxylation is 1. The number of halogens is 1. The molecule has 1 aromatic carbocycles. The molecule has 0 N–H and O–H groups in total. The Morgan fingerprint density at radius 2 is 2.07 bits per heavy atom. The molecule has 1 aromatic heterocycles. The number of Topliss-reactive ketones (excluding diaryl/α,β-unsaturated/α-hetero) is 1. The molecule has 2 aromatic rings. The Kier molecular flexibility index (Phi) is 5.19. The number of aromatic nitrogens is 2. The molecule has 2 heterocycles. The number of benzene rings is 1. The Balaban J connectivity index is 1.66. The van der Waals surface area contributed by atoms with Crippen LogP contribution in [0.4, 0.5) is 4.39 Å². The molecule has 1 aliphatic carbocycles. The molecule has 2 atom stereocenters. The van der Waals surface area contributed by atoms with Crippen LogP contribution >= 0.6 is 12.6 Å². The molecule has 0 amide bonds. The summed E-state index contributed by atoms with van der Waals surface area (Å²) in [5.41, 5.74) is 2.63. The van der Waals surface area contributed by atoms with Gasteiger partial charge in [0.1, 0.15) is 5.82 Å². The van der Waals surface area contributed by atoms with Crippen molar-refractivity contribution in [3.05, 3.63) is 59.2 Å². The van der Waals surface area contributed by atoms with Crippen molar-refractivity contribution in [3.8, 4) is 0 Å². The van der Waals surface area contributed by atoms with Gasteiger partial charge in [-0.1, -0.05) is 18.2 Å². The molecule has 2 fully saturated rings. The van der Waals surface area contributed by atoms with Gasteiger partial charge in [0.2, 0.25) is 0 Å². The highest BCUT2D eigenvalue weighted by atomic mass is 32.1. The first-order chi connectivity index (χ1) is 13.0. The van der Waals surface area contributed by atoms with Crippen LogP contribution < -0.4 is 0 Å². The number of piperidine rings is 1. The summed E-state index contributed by atoms with van der Waals surface area (Å²) in [7, 11) is 1.90. The van der Waals surface area contributed by atoms with Crippen molar-refractivity contribution in [1.82, 2.24) is 14.7 Å². The molecule has 1 saturated heterocycles. The van der Waals surface area contributed by atoms with E-state index in [2.05, 4.69) is 16.1 Å². The molecule has 4 rings (SSSR count). The van der Waals surface area contributed by atoms with Gasteiger partial charge in [0.05, 0.1) is 11.7 Å². The van der Waals surface area contributed by atoms with Gasteiger partial charge < -0.3 is 0 Å². The van der Waals surface area contributed by atoms with Crippen molar-refractivity contribution >= 4 is 24.5 Å². The number of carbonyl (C=O) groups is 1. The van der Waals surface area contributed by atoms with E-state index < -0.39 is 6.04 Å². The molecular weight excluding hydrogens is 361 g/mol. The van der Waals surface area contributed by atoms with Crippen LogP contribution in [0.3, 0.4) is 0 Å². The molecule has 1 aliphatic heterocycles. The highest BCUT2D eigenvalue weighted by Gasteiger charge is 2.40. The van der Waals surface area contributed by atoms with E-state index in [1.54, 1.807) is 18.3 Å². The Hall–Kier alpha value is -1.92. The van der Waals surface area contributed by atoms with E-state index in [1.807, 2.05) is 23.9 Å². The van der Waals surface area contributed by atoms with Gasteiger partial charge >= 0.3 is 0 Å². The fraction of sp³-hybridized carbons (Fsp3) is 0.429. The second-order valence-electron chi connectivity index (χ2n) is 7.47. The van der Waals surface area contributed by atoms with E-state index in [0.717, 1.165) is 37.1 Å². The van der Waals surface area contributed by atoms with Crippen LogP contribution in [-0.4, -0.2) is 38.8 Å². The summed E-state index contributed by atoms with van der Waals surface area (Å²) in [6, 6.07) is 8.11. The summed E-state index contributed by atoms with van der Waals surface area (Å²) >= 11 is 4.74. The van der Waals surface area contributed by atoms with Crippen molar-refractivity contribution in [2.45, 2.75) is 30.6 Å². The summed E-state index contributed by atoms with van der Waals surface area (Å²) in [5.74, 6) is -0.0768. The largest absolute Gasteiger partial charge is 0.297 e. The van der Waals surface area contributed by atoms with Gasteiger partial charge in [0.15, 0.2) is 5.78 Å². The zero-order valence-electron chi connectivity index (χ0n) is 15.4. The lowest BCUT2D eigenvalue weighted by molar-refractivity contribution is -0.126. The zero-order chi connectivity index (χ0) is 19.0. The van der Waals surface area contributed by atoms with Crippen molar-refractivity contribution in [3.63, 3.8) is 0 Å². The van der Waals surface area contributed by atoms with Gasteiger partial charge in [-0.05, 0) is 43.0 Å². The van der Waals surface area contributed by atoms with E-state index >= 15 is 0 Å². The SMILES string of the molecule is Cn1nccc1C=C1CN(C(C(=O)C2CC2)c2ccccc2F)CCC1S. The average molecular weight is 386 g/mol. The number of likely N-dealkylation sites (tertiary alicyclic amines) is 1. The minimum atomic E-state index is -0.519. The predicted molar refractivity (Wildman–Crippen MR) is 107 cm³/mol. The molecule has 0 bridgehead atoms. The van der Waals surface area contributed by atoms with Crippen molar-refractivity contribution in [2.24, 2.45) is 13.0 Å². The second kappa shape index (κ2) is 7.60. The summed E-state index contributed by atoms with van der Waals surface area (Å²) < 4.78 is 16.4. The van der Waals surface area contributed by atoms with Crippen molar-refractivity contribution in [2.75, 3.05) is 13.1 Å². The van der Waals surface area contributed by atoms with E-state index in [4.69, 9.17) is 12.6 Å². The topological polar surface area (TPSA) is 38.1 Å². The monoisotopic (exact) mass is 385 g/mol. The minimum absolute atomic E-state index is 0.0767. The fourth-order valence-corrected chi connectivity index (χ4v) is 4.06. The first-order valence-electron chi connectivity index (χ1n) is 9.43. The number of hydrogen-bond acceptors (Lipinski definition) is 4. The number of rotatable bonds is 5. The first-order valence-corrected chi connectivity index (χ1v) is 9.95. The van der Waals surface area contributed by atoms with E-state index in [-0.39, 0.29) is 22.8 Å². The second-order valence-corrected chi connectivity index (χ2v) is 8.10. The Morgan fingerprint density at radius 1 is 1.30 bits per heavy atom. The lowest BCUT2D eigenvalue weighted by Crippen LogP contribution is -2.42. The van der Waals surface area contributed by atoms with E-state index in [0.29, 0.717) is 12.1 Å². The van der Waals surface area contributed by atoms with Gasteiger partial charge in [-0.2, -0.15) is 17.7 Å². The maximum absolute atomic E-state index is 14.6. The maximum Gasteiger partial charge on any atom is 0.157 e.